The molecule has 0 unspecified atom stereocenters. The second kappa shape index (κ2) is 6.45. The first kappa shape index (κ1) is 15.1. The summed E-state index contributed by atoms with van der Waals surface area (Å²) in [5, 5.41) is 15.0. The molecule has 1 aliphatic heterocycles. The average Bonchev–Trinajstić information content (AvgIpc) is 2.42. The topological polar surface area (TPSA) is 96.9 Å². The van der Waals surface area contributed by atoms with Gasteiger partial charge in [0.05, 0.1) is 25.5 Å². The highest BCUT2D eigenvalue weighted by atomic mass is 16.5. The fourth-order valence-corrected chi connectivity index (χ4v) is 2.12. The second-order valence-electron chi connectivity index (χ2n) is 4.83. The summed E-state index contributed by atoms with van der Waals surface area (Å²) in [6.07, 6.45) is 0.362. The van der Waals surface area contributed by atoms with Gasteiger partial charge in [-0.25, -0.2) is 4.79 Å². The molecule has 21 heavy (non-hydrogen) atoms. The van der Waals surface area contributed by atoms with E-state index in [2.05, 4.69) is 10.6 Å². The molecule has 2 rings (SSSR count). The van der Waals surface area contributed by atoms with Crippen molar-refractivity contribution in [3.63, 3.8) is 0 Å². The van der Waals surface area contributed by atoms with Crippen LogP contribution >= 0.6 is 0 Å². The molecule has 0 spiro atoms. The van der Waals surface area contributed by atoms with E-state index in [1.807, 2.05) is 0 Å². The maximum atomic E-state index is 11.9. The van der Waals surface area contributed by atoms with Crippen molar-refractivity contribution in [2.45, 2.75) is 6.42 Å². The average molecular weight is 294 g/mol. The van der Waals surface area contributed by atoms with Crippen LogP contribution in [0.25, 0.3) is 0 Å². The predicted molar refractivity (Wildman–Crippen MR) is 76.1 cm³/mol. The Morgan fingerprint density at radius 3 is 2.38 bits per heavy atom. The SMILES string of the molecule is COc1cc(NC(=O)CC2CNC2)c(C(=O)O)cc1OC. The first-order chi connectivity index (χ1) is 10.0. The first-order valence-corrected chi connectivity index (χ1v) is 6.55. The summed E-state index contributed by atoms with van der Waals surface area (Å²) < 4.78 is 10.2. The van der Waals surface area contributed by atoms with Crippen LogP contribution in [-0.2, 0) is 4.79 Å². The zero-order valence-electron chi connectivity index (χ0n) is 11.9. The van der Waals surface area contributed by atoms with Crippen molar-refractivity contribution in [1.82, 2.24) is 5.32 Å². The maximum absolute atomic E-state index is 11.9. The van der Waals surface area contributed by atoms with E-state index in [1.54, 1.807) is 0 Å². The van der Waals surface area contributed by atoms with E-state index < -0.39 is 5.97 Å². The number of hydrogen-bond donors (Lipinski definition) is 3. The molecule has 1 aromatic rings. The fourth-order valence-electron chi connectivity index (χ4n) is 2.12. The molecule has 1 fully saturated rings. The van der Waals surface area contributed by atoms with Crippen molar-refractivity contribution in [1.29, 1.82) is 0 Å². The Labute approximate surface area is 122 Å². The van der Waals surface area contributed by atoms with Gasteiger partial charge in [0.1, 0.15) is 0 Å². The highest BCUT2D eigenvalue weighted by Gasteiger charge is 2.22. The summed E-state index contributed by atoms with van der Waals surface area (Å²) in [5.41, 5.74) is 0.171. The second-order valence-corrected chi connectivity index (χ2v) is 4.83. The molecule has 1 saturated heterocycles. The van der Waals surface area contributed by atoms with Gasteiger partial charge in [0.25, 0.3) is 0 Å². The molecule has 0 bridgehead atoms. The molecule has 3 N–H and O–H groups in total. The summed E-state index contributed by atoms with van der Waals surface area (Å²) in [5.74, 6) is -0.384. The van der Waals surface area contributed by atoms with Gasteiger partial charge in [-0.15, -0.1) is 0 Å². The molecule has 0 aromatic heterocycles. The fraction of sp³-hybridized carbons (Fsp3) is 0.429. The van der Waals surface area contributed by atoms with E-state index in [0.717, 1.165) is 13.1 Å². The van der Waals surface area contributed by atoms with Gasteiger partial charge >= 0.3 is 5.97 Å². The van der Waals surface area contributed by atoms with E-state index in [1.165, 1.54) is 26.4 Å². The number of methoxy groups -OCH3 is 2. The van der Waals surface area contributed by atoms with Crippen LogP contribution in [0.5, 0.6) is 11.5 Å². The molecular weight excluding hydrogens is 276 g/mol. The van der Waals surface area contributed by atoms with Gasteiger partial charge in [-0.1, -0.05) is 0 Å². The van der Waals surface area contributed by atoms with Crippen LogP contribution in [0, 0.1) is 5.92 Å². The van der Waals surface area contributed by atoms with E-state index in [4.69, 9.17) is 9.47 Å². The van der Waals surface area contributed by atoms with Crippen molar-refractivity contribution in [2.24, 2.45) is 5.92 Å². The highest BCUT2D eigenvalue weighted by molar-refractivity contribution is 6.01. The number of benzene rings is 1. The number of nitrogens with one attached hydrogen (secondary N) is 2. The molecule has 0 saturated carbocycles. The summed E-state index contributed by atoms with van der Waals surface area (Å²) >= 11 is 0. The van der Waals surface area contributed by atoms with Gasteiger partial charge in [-0.05, 0) is 19.0 Å². The molecule has 1 aromatic carbocycles. The van der Waals surface area contributed by atoms with Crippen molar-refractivity contribution in [3.05, 3.63) is 17.7 Å². The number of amides is 1. The zero-order valence-corrected chi connectivity index (χ0v) is 11.9. The van der Waals surface area contributed by atoms with Crippen molar-refractivity contribution in [3.8, 4) is 11.5 Å². The largest absolute Gasteiger partial charge is 0.493 e. The van der Waals surface area contributed by atoms with E-state index >= 15 is 0 Å². The third-order valence-corrected chi connectivity index (χ3v) is 3.37. The monoisotopic (exact) mass is 294 g/mol. The number of carboxylic acids is 1. The van der Waals surface area contributed by atoms with Crippen LogP contribution in [0.1, 0.15) is 16.8 Å². The Hall–Kier alpha value is -2.28. The third kappa shape index (κ3) is 3.43. The van der Waals surface area contributed by atoms with Crippen LogP contribution < -0.4 is 20.1 Å². The summed E-state index contributed by atoms with van der Waals surface area (Å²) in [6, 6.07) is 2.79. The summed E-state index contributed by atoms with van der Waals surface area (Å²) in [6.45, 7) is 1.62. The number of carbonyl (C=O) groups is 2. The van der Waals surface area contributed by atoms with Gasteiger partial charge < -0.3 is 25.2 Å². The lowest BCUT2D eigenvalue weighted by Crippen LogP contribution is -2.43. The highest BCUT2D eigenvalue weighted by Crippen LogP contribution is 2.33. The summed E-state index contributed by atoms with van der Waals surface area (Å²) in [7, 11) is 2.87. The standard InChI is InChI=1S/C14H18N2O5/c1-20-11-4-9(14(18)19)10(5-12(11)21-2)16-13(17)3-8-6-15-7-8/h4-5,8,15H,3,6-7H2,1-2H3,(H,16,17)(H,18,19). The van der Waals surface area contributed by atoms with Crippen LogP contribution in [0.2, 0.25) is 0 Å². The molecular formula is C14H18N2O5. The van der Waals surface area contributed by atoms with E-state index in [-0.39, 0.29) is 17.2 Å². The van der Waals surface area contributed by atoms with Gasteiger partial charge in [-0.2, -0.15) is 0 Å². The Morgan fingerprint density at radius 2 is 1.90 bits per heavy atom. The van der Waals surface area contributed by atoms with Crippen LogP contribution in [0.4, 0.5) is 5.69 Å². The van der Waals surface area contributed by atoms with Gasteiger partial charge in [-0.3, -0.25) is 4.79 Å². The molecule has 0 aliphatic carbocycles. The maximum Gasteiger partial charge on any atom is 0.337 e. The van der Waals surface area contributed by atoms with Crippen molar-refractivity contribution in [2.75, 3.05) is 32.6 Å². The minimum atomic E-state index is -1.14. The smallest absolute Gasteiger partial charge is 0.337 e. The third-order valence-electron chi connectivity index (χ3n) is 3.37. The normalized spacial score (nSPS) is 14.2. The van der Waals surface area contributed by atoms with Gasteiger partial charge in [0.2, 0.25) is 5.91 Å². The van der Waals surface area contributed by atoms with Crippen LogP contribution in [0.15, 0.2) is 12.1 Å². The number of carbonyl (C=O) groups excluding carboxylic acids is 1. The van der Waals surface area contributed by atoms with Crippen LogP contribution in [0.3, 0.4) is 0 Å². The molecule has 7 nitrogen and oxygen atoms in total. The first-order valence-electron chi connectivity index (χ1n) is 6.55. The lowest BCUT2D eigenvalue weighted by Gasteiger charge is -2.26. The Kier molecular flexibility index (Phi) is 4.64. The van der Waals surface area contributed by atoms with E-state index in [0.29, 0.717) is 23.8 Å². The minimum Gasteiger partial charge on any atom is -0.493 e. The number of carboxylic acid groups (broad SMARTS) is 1. The Bertz CT molecular complexity index is 555. The number of hydrogen-bond acceptors (Lipinski definition) is 5. The minimum absolute atomic E-state index is 0.0345. The van der Waals surface area contributed by atoms with Crippen LogP contribution in [-0.4, -0.2) is 44.3 Å². The zero-order chi connectivity index (χ0) is 15.4. The number of ether oxygens (including phenoxy) is 2. The van der Waals surface area contributed by atoms with Gasteiger partial charge in [0, 0.05) is 18.6 Å². The predicted octanol–water partition coefficient (Wildman–Crippen LogP) is 0.950. The van der Waals surface area contributed by atoms with Crippen molar-refractivity contribution < 1.29 is 24.2 Å². The molecule has 1 amide bonds. The lowest BCUT2D eigenvalue weighted by atomic mass is 9.99. The molecule has 114 valence electrons. The van der Waals surface area contributed by atoms with Gasteiger partial charge in [0.15, 0.2) is 11.5 Å². The Balaban J connectivity index is 2.22. The number of aromatic carboxylic acids is 1. The number of anilines is 1. The number of rotatable bonds is 6. The molecule has 1 heterocycles. The molecule has 7 heteroatoms. The Morgan fingerprint density at radius 1 is 1.29 bits per heavy atom. The quantitative estimate of drug-likeness (QED) is 0.723. The lowest BCUT2D eigenvalue weighted by molar-refractivity contribution is -0.117. The van der Waals surface area contributed by atoms with Crippen molar-refractivity contribution >= 4 is 17.6 Å². The molecule has 1 aliphatic rings. The van der Waals surface area contributed by atoms with E-state index in [9.17, 15) is 14.7 Å². The molecule has 0 atom stereocenters. The summed E-state index contributed by atoms with van der Waals surface area (Å²) in [4.78, 5) is 23.2. The molecule has 0 radical (unpaired) electrons.